The van der Waals surface area contributed by atoms with Crippen molar-refractivity contribution in [2.75, 3.05) is 6.61 Å². The van der Waals surface area contributed by atoms with Crippen LogP contribution in [0.1, 0.15) is 64.4 Å². The number of fused-ring (bicyclic) bond motifs is 2. The van der Waals surface area contributed by atoms with Gasteiger partial charge in [-0.05, 0) is 65.5 Å². The highest BCUT2D eigenvalue weighted by molar-refractivity contribution is 5.98. The first-order chi connectivity index (χ1) is 12.2. The minimum atomic E-state index is 0.0515. The van der Waals surface area contributed by atoms with Crippen LogP contribution in [0.2, 0.25) is 0 Å². The molecule has 0 radical (unpaired) electrons. The third-order valence-electron chi connectivity index (χ3n) is 5.55. The van der Waals surface area contributed by atoms with Gasteiger partial charge in [-0.25, -0.2) is 0 Å². The fourth-order valence-electron chi connectivity index (χ4n) is 4.07. The van der Waals surface area contributed by atoms with Crippen molar-refractivity contribution < 1.29 is 9.53 Å². The first kappa shape index (κ1) is 16.2. The Kier molecular flexibility index (Phi) is 4.24. The Balaban J connectivity index is 1.61. The van der Waals surface area contributed by atoms with Crippen LogP contribution in [-0.2, 0) is 25.8 Å². The predicted octanol–water partition coefficient (Wildman–Crippen LogP) is 4.16. The number of ether oxygens (including phenoxy) is 1. The van der Waals surface area contributed by atoms with Crippen LogP contribution in [0.3, 0.4) is 0 Å². The molecule has 0 aliphatic carbocycles. The lowest BCUT2D eigenvalue weighted by atomic mass is 9.87. The Bertz CT molecular complexity index is 825. The highest BCUT2D eigenvalue weighted by Crippen LogP contribution is 2.35. The molecule has 1 amide bonds. The number of nitrogens with one attached hydrogen (secondary N) is 1. The van der Waals surface area contributed by atoms with Gasteiger partial charge in [0.2, 0.25) is 0 Å². The van der Waals surface area contributed by atoms with E-state index in [1.54, 1.807) is 0 Å². The van der Waals surface area contributed by atoms with Gasteiger partial charge in [0, 0.05) is 12.1 Å². The van der Waals surface area contributed by atoms with E-state index >= 15 is 0 Å². The van der Waals surface area contributed by atoms with Crippen LogP contribution in [0.4, 0.5) is 0 Å². The average molecular weight is 335 g/mol. The van der Waals surface area contributed by atoms with E-state index in [2.05, 4.69) is 43.4 Å². The number of rotatable bonds is 4. The molecule has 4 rings (SSSR count). The van der Waals surface area contributed by atoms with E-state index in [-0.39, 0.29) is 5.91 Å². The lowest BCUT2D eigenvalue weighted by Gasteiger charge is -2.24. The van der Waals surface area contributed by atoms with E-state index in [1.807, 2.05) is 6.07 Å². The molecule has 0 saturated carbocycles. The van der Waals surface area contributed by atoms with Gasteiger partial charge in [-0.1, -0.05) is 38.1 Å². The van der Waals surface area contributed by atoms with Crippen LogP contribution >= 0.6 is 0 Å². The van der Waals surface area contributed by atoms with Gasteiger partial charge in [0.25, 0.3) is 5.91 Å². The summed E-state index contributed by atoms with van der Waals surface area (Å²) in [6, 6.07) is 10.8. The Morgan fingerprint density at radius 3 is 2.88 bits per heavy atom. The molecule has 0 fully saturated rings. The van der Waals surface area contributed by atoms with Gasteiger partial charge in [-0.3, -0.25) is 4.79 Å². The summed E-state index contributed by atoms with van der Waals surface area (Å²) in [5.41, 5.74) is 7.41. The molecule has 0 bridgehead atoms. The van der Waals surface area contributed by atoms with Crippen LogP contribution < -0.4 is 10.1 Å². The maximum Gasteiger partial charge on any atom is 0.251 e. The summed E-state index contributed by atoms with van der Waals surface area (Å²) in [6.07, 6.45) is 4.25. The molecule has 1 unspecified atom stereocenters. The first-order valence-corrected chi connectivity index (χ1v) is 9.34. The van der Waals surface area contributed by atoms with E-state index < -0.39 is 0 Å². The van der Waals surface area contributed by atoms with Crippen LogP contribution in [0.15, 0.2) is 30.3 Å². The van der Waals surface area contributed by atoms with Crippen LogP contribution in [-0.4, -0.2) is 12.5 Å². The maximum atomic E-state index is 11.7. The number of amides is 1. The van der Waals surface area contributed by atoms with Crippen molar-refractivity contribution >= 4 is 5.91 Å². The summed E-state index contributed by atoms with van der Waals surface area (Å²) in [4.78, 5) is 11.7. The van der Waals surface area contributed by atoms with E-state index in [0.717, 1.165) is 49.2 Å². The fraction of sp³-hybridized carbons (Fsp3) is 0.409. The molecule has 3 nitrogen and oxygen atoms in total. The molecule has 1 N–H and O–H groups in total. The second-order valence-corrected chi connectivity index (χ2v) is 7.20. The first-order valence-electron chi connectivity index (χ1n) is 9.34. The zero-order chi connectivity index (χ0) is 17.4. The largest absolute Gasteiger partial charge is 0.493 e. The zero-order valence-electron chi connectivity index (χ0n) is 15.0. The normalized spacial score (nSPS) is 16.6. The highest BCUT2D eigenvalue weighted by Gasteiger charge is 2.22. The van der Waals surface area contributed by atoms with Gasteiger partial charge in [0.15, 0.2) is 0 Å². The summed E-state index contributed by atoms with van der Waals surface area (Å²) in [5, 5.41) is 2.90. The predicted molar refractivity (Wildman–Crippen MR) is 99.4 cm³/mol. The van der Waals surface area contributed by atoms with Crippen molar-refractivity contribution in [3.8, 4) is 5.75 Å². The van der Waals surface area contributed by atoms with Gasteiger partial charge in [0.05, 0.1) is 6.61 Å². The Morgan fingerprint density at radius 2 is 2.04 bits per heavy atom. The van der Waals surface area contributed by atoms with E-state index in [1.165, 1.54) is 22.3 Å². The molecular weight excluding hydrogens is 310 g/mol. The molecule has 25 heavy (non-hydrogen) atoms. The summed E-state index contributed by atoms with van der Waals surface area (Å²) >= 11 is 0. The number of benzene rings is 2. The summed E-state index contributed by atoms with van der Waals surface area (Å²) < 4.78 is 6.00. The number of hydrogen-bond acceptors (Lipinski definition) is 2. The topological polar surface area (TPSA) is 38.3 Å². The molecule has 2 heterocycles. The van der Waals surface area contributed by atoms with Gasteiger partial charge < -0.3 is 10.1 Å². The molecule has 0 aromatic heterocycles. The monoisotopic (exact) mass is 335 g/mol. The molecular formula is C22H25NO2. The molecule has 1 atom stereocenters. The average Bonchev–Trinajstić information content (AvgIpc) is 3.02. The van der Waals surface area contributed by atoms with Crippen LogP contribution in [0.5, 0.6) is 5.75 Å². The molecule has 2 aliphatic rings. The van der Waals surface area contributed by atoms with E-state index in [9.17, 15) is 4.79 Å². The molecule has 2 aromatic carbocycles. The standard InChI is InChI=1S/C22H25NO2/c1-3-15-6-7-17(19-5-4-10-25-21(15)19)11-14(2)16-8-9-20-18(12-16)13-23-22(20)24/h6-9,12,14H,3-5,10-11,13H2,1-2H3,(H,23,24). The van der Waals surface area contributed by atoms with Gasteiger partial charge in [-0.2, -0.15) is 0 Å². The smallest absolute Gasteiger partial charge is 0.251 e. The SMILES string of the molecule is CCc1ccc(CC(C)c2ccc3c(c2)CNC3=O)c2c1OCCC2. The Labute approximate surface area is 149 Å². The molecule has 0 saturated heterocycles. The second-order valence-electron chi connectivity index (χ2n) is 7.20. The fourth-order valence-corrected chi connectivity index (χ4v) is 4.07. The number of carbonyl (C=O) groups is 1. The van der Waals surface area contributed by atoms with Crippen molar-refractivity contribution in [2.24, 2.45) is 0 Å². The van der Waals surface area contributed by atoms with Crippen molar-refractivity contribution in [3.05, 3.63) is 63.7 Å². The number of hydrogen-bond donors (Lipinski definition) is 1. The van der Waals surface area contributed by atoms with Crippen molar-refractivity contribution in [3.63, 3.8) is 0 Å². The molecule has 0 spiro atoms. The lowest BCUT2D eigenvalue weighted by molar-refractivity contribution is 0.0965. The summed E-state index contributed by atoms with van der Waals surface area (Å²) in [5.74, 6) is 1.61. The molecule has 130 valence electrons. The third kappa shape index (κ3) is 2.92. The second kappa shape index (κ2) is 6.55. The Morgan fingerprint density at radius 1 is 1.20 bits per heavy atom. The van der Waals surface area contributed by atoms with E-state index in [0.29, 0.717) is 12.5 Å². The van der Waals surface area contributed by atoms with Gasteiger partial charge in [0.1, 0.15) is 5.75 Å². The zero-order valence-corrected chi connectivity index (χ0v) is 15.0. The number of carbonyl (C=O) groups excluding carboxylic acids is 1. The quantitative estimate of drug-likeness (QED) is 0.911. The van der Waals surface area contributed by atoms with Crippen LogP contribution in [0.25, 0.3) is 0 Å². The van der Waals surface area contributed by atoms with Crippen LogP contribution in [0, 0.1) is 0 Å². The Hall–Kier alpha value is -2.29. The minimum absolute atomic E-state index is 0.0515. The lowest BCUT2D eigenvalue weighted by Crippen LogP contribution is -2.14. The maximum absolute atomic E-state index is 11.7. The molecule has 3 heteroatoms. The molecule has 2 aliphatic heterocycles. The van der Waals surface area contributed by atoms with E-state index in [4.69, 9.17) is 4.74 Å². The van der Waals surface area contributed by atoms with Crippen molar-refractivity contribution in [1.82, 2.24) is 5.32 Å². The van der Waals surface area contributed by atoms with Gasteiger partial charge >= 0.3 is 0 Å². The minimum Gasteiger partial charge on any atom is -0.493 e. The van der Waals surface area contributed by atoms with Crippen molar-refractivity contribution in [1.29, 1.82) is 0 Å². The number of aryl methyl sites for hydroxylation is 1. The third-order valence-corrected chi connectivity index (χ3v) is 5.55. The van der Waals surface area contributed by atoms with Gasteiger partial charge in [-0.15, -0.1) is 0 Å². The molecule has 2 aromatic rings. The summed E-state index contributed by atoms with van der Waals surface area (Å²) in [7, 11) is 0. The summed E-state index contributed by atoms with van der Waals surface area (Å²) in [6.45, 7) is 5.96. The highest BCUT2D eigenvalue weighted by atomic mass is 16.5. The van der Waals surface area contributed by atoms with Crippen molar-refractivity contribution in [2.45, 2.75) is 52.0 Å².